The predicted molar refractivity (Wildman–Crippen MR) is 195 cm³/mol. The van der Waals surface area contributed by atoms with Crippen LogP contribution in [-0.2, 0) is 27.3 Å². The molecule has 2 heterocycles. The Morgan fingerprint density at radius 2 is 1.74 bits per heavy atom. The van der Waals surface area contributed by atoms with Crippen molar-refractivity contribution < 1.29 is 37.0 Å². The Hall–Kier alpha value is -4.55. The molecule has 3 amide bonds. The summed E-state index contributed by atoms with van der Waals surface area (Å²) in [6.07, 6.45) is 3.99. The number of benzene rings is 3. The standard InChI is InChI=1S/C40H44ClF3N4O5/c1-2-52-35(49)10-5-19-45-40(51)47-23-28-21-30(26-13-11-25(12-14-26)7-6-20-53-38-33(43)18-17-32(42)37(38)44)36(34(24-47)46-28)39(50)48(29-15-16-29)22-27-8-3-4-9-31(27)41/h3-4,8-9,11-14,17-18,28-29,34,46H,2,5-7,10,15-16,19-24H2,1H3,(H,45,51)/t28-,34-/m1/s1. The second-order valence-electron chi connectivity index (χ2n) is 13.6. The number of fused-ring (bicyclic) bond motifs is 2. The number of rotatable bonds is 15. The fourth-order valence-corrected chi connectivity index (χ4v) is 7.18. The van der Waals surface area contributed by atoms with Gasteiger partial charge in [0.25, 0.3) is 5.91 Å². The Morgan fingerprint density at radius 1 is 0.981 bits per heavy atom. The van der Waals surface area contributed by atoms with Crippen LogP contribution in [0.25, 0.3) is 5.57 Å². The van der Waals surface area contributed by atoms with Crippen molar-refractivity contribution in [2.24, 2.45) is 0 Å². The summed E-state index contributed by atoms with van der Waals surface area (Å²) in [5.41, 5.74) is 4.28. The molecule has 2 bridgehead atoms. The third kappa shape index (κ3) is 9.52. The number of hydrogen-bond acceptors (Lipinski definition) is 6. The molecule has 13 heteroatoms. The number of carbonyl (C=O) groups excluding carboxylic acids is 3. The molecule has 0 spiro atoms. The molecule has 1 saturated carbocycles. The fraction of sp³-hybridized carbons (Fsp3) is 0.425. The highest BCUT2D eigenvalue weighted by molar-refractivity contribution is 6.31. The first kappa shape index (κ1) is 38.2. The summed E-state index contributed by atoms with van der Waals surface area (Å²) in [7, 11) is 0. The van der Waals surface area contributed by atoms with E-state index in [1.807, 2.05) is 53.4 Å². The fourth-order valence-electron chi connectivity index (χ4n) is 6.99. The van der Waals surface area contributed by atoms with E-state index in [1.165, 1.54) is 0 Å². The molecule has 0 unspecified atom stereocenters. The van der Waals surface area contributed by atoms with Crippen LogP contribution < -0.4 is 15.4 Å². The average molecular weight is 753 g/mol. The van der Waals surface area contributed by atoms with Gasteiger partial charge >= 0.3 is 12.0 Å². The molecular weight excluding hydrogens is 709 g/mol. The zero-order valence-electron chi connectivity index (χ0n) is 29.6. The van der Waals surface area contributed by atoms with E-state index in [-0.39, 0.29) is 43.0 Å². The number of piperazine rings is 1. The van der Waals surface area contributed by atoms with E-state index in [9.17, 15) is 27.6 Å². The van der Waals surface area contributed by atoms with Crippen molar-refractivity contribution in [3.05, 3.63) is 105 Å². The Kier molecular flexibility index (Phi) is 12.6. The van der Waals surface area contributed by atoms with E-state index in [1.54, 1.807) is 11.8 Å². The molecule has 2 fully saturated rings. The second-order valence-corrected chi connectivity index (χ2v) is 14.0. The molecule has 1 aliphatic carbocycles. The number of halogens is 4. The van der Waals surface area contributed by atoms with Crippen LogP contribution in [0.3, 0.4) is 0 Å². The molecule has 282 valence electrons. The van der Waals surface area contributed by atoms with Crippen LogP contribution in [0, 0.1) is 17.5 Å². The monoisotopic (exact) mass is 752 g/mol. The van der Waals surface area contributed by atoms with E-state index in [0.717, 1.165) is 47.2 Å². The van der Waals surface area contributed by atoms with Crippen molar-refractivity contribution in [3.63, 3.8) is 0 Å². The Morgan fingerprint density at radius 3 is 2.47 bits per heavy atom. The summed E-state index contributed by atoms with van der Waals surface area (Å²) in [6, 6.07) is 16.3. The lowest BCUT2D eigenvalue weighted by molar-refractivity contribution is -0.143. The summed E-state index contributed by atoms with van der Waals surface area (Å²) < 4.78 is 51.7. The lowest BCUT2D eigenvalue weighted by Crippen LogP contribution is -2.63. The van der Waals surface area contributed by atoms with Crippen LogP contribution in [0.4, 0.5) is 18.0 Å². The highest BCUT2D eigenvalue weighted by atomic mass is 35.5. The molecule has 3 aliphatic rings. The zero-order chi connectivity index (χ0) is 37.5. The van der Waals surface area contributed by atoms with E-state index in [4.69, 9.17) is 21.1 Å². The number of amides is 3. The van der Waals surface area contributed by atoms with Crippen molar-refractivity contribution in [1.82, 2.24) is 20.4 Å². The molecule has 9 nitrogen and oxygen atoms in total. The maximum absolute atomic E-state index is 14.7. The van der Waals surface area contributed by atoms with Crippen LogP contribution in [0.2, 0.25) is 5.02 Å². The highest BCUT2D eigenvalue weighted by Gasteiger charge is 2.43. The second kappa shape index (κ2) is 17.5. The molecule has 3 aromatic carbocycles. The molecule has 2 N–H and O–H groups in total. The third-order valence-corrected chi connectivity index (χ3v) is 10.1. The first-order chi connectivity index (χ1) is 25.6. The summed E-state index contributed by atoms with van der Waals surface area (Å²) in [4.78, 5) is 43.4. The maximum Gasteiger partial charge on any atom is 0.317 e. The molecule has 3 aromatic rings. The number of nitrogens with zero attached hydrogens (tertiary/aromatic N) is 2. The lowest BCUT2D eigenvalue weighted by Gasteiger charge is -2.45. The molecule has 2 atom stereocenters. The van der Waals surface area contributed by atoms with E-state index < -0.39 is 29.2 Å². The van der Waals surface area contributed by atoms with E-state index >= 15 is 0 Å². The first-order valence-corrected chi connectivity index (χ1v) is 18.6. The molecule has 1 saturated heterocycles. The summed E-state index contributed by atoms with van der Waals surface area (Å²) >= 11 is 6.55. The lowest BCUT2D eigenvalue weighted by atomic mass is 9.82. The number of nitrogens with one attached hydrogen (secondary N) is 2. The van der Waals surface area contributed by atoms with Crippen LogP contribution in [-0.4, -0.2) is 78.7 Å². The minimum absolute atomic E-state index is 0.00418. The van der Waals surface area contributed by atoms with Gasteiger partial charge in [-0.3, -0.25) is 9.59 Å². The normalized spacial score (nSPS) is 18.1. The molecule has 0 aromatic heterocycles. The average Bonchev–Trinajstić information content (AvgIpc) is 4.00. The van der Waals surface area contributed by atoms with Gasteiger partial charge in [-0.05, 0) is 85.9 Å². The number of hydrogen-bond donors (Lipinski definition) is 2. The smallest absolute Gasteiger partial charge is 0.317 e. The molecule has 2 aliphatic heterocycles. The van der Waals surface area contributed by atoms with Crippen LogP contribution in [0.15, 0.2) is 66.2 Å². The van der Waals surface area contributed by atoms with E-state index in [2.05, 4.69) is 10.6 Å². The molecular formula is C40H44ClF3N4O5. The zero-order valence-corrected chi connectivity index (χ0v) is 30.4. The number of aryl methyl sites for hydroxylation is 1. The van der Waals surface area contributed by atoms with Crippen LogP contribution in [0.1, 0.15) is 62.1 Å². The van der Waals surface area contributed by atoms with Gasteiger partial charge in [-0.15, -0.1) is 0 Å². The summed E-state index contributed by atoms with van der Waals surface area (Å²) in [5, 5.41) is 7.14. The van der Waals surface area contributed by atoms with Crippen molar-refractivity contribution >= 4 is 35.1 Å². The van der Waals surface area contributed by atoms with Crippen molar-refractivity contribution in [3.8, 4) is 5.75 Å². The first-order valence-electron chi connectivity index (χ1n) is 18.2. The minimum Gasteiger partial charge on any atom is -0.488 e. The Balaban J connectivity index is 1.19. The Labute approximate surface area is 312 Å². The predicted octanol–water partition coefficient (Wildman–Crippen LogP) is 6.81. The van der Waals surface area contributed by atoms with Crippen molar-refractivity contribution in [1.29, 1.82) is 0 Å². The Bertz CT molecular complexity index is 1840. The molecule has 6 rings (SSSR count). The van der Waals surface area contributed by atoms with Gasteiger partial charge < -0.3 is 29.9 Å². The maximum atomic E-state index is 14.7. The van der Waals surface area contributed by atoms with Gasteiger partial charge in [-0.1, -0.05) is 54.1 Å². The topological polar surface area (TPSA) is 100 Å². The summed E-state index contributed by atoms with van der Waals surface area (Å²) in [5.74, 6) is -4.59. The quantitative estimate of drug-likeness (QED) is 0.101. The van der Waals surface area contributed by atoms with Gasteiger partial charge in [0.15, 0.2) is 17.4 Å². The highest BCUT2D eigenvalue weighted by Crippen LogP contribution is 2.38. The molecule has 0 radical (unpaired) electrons. The van der Waals surface area contributed by atoms with Crippen molar-refractivity contribution in [2.45, 2.75) is 76.5 Å². The third-order valence-electron chi connectivity index (χ3n) is 9.77. The number of urea groups is 1. The van der Waals surface area contributed by atoms with Gasteiger partial charge in [0.05, 0.1) is 19.3 Å². The van der Waals surface area contributed by atoms with Crippen LogP contribution >= 0.6 is 11.6 Å². The minimum atomic E-state index is -1.35. The van der Waals surface area contributed by atoms with Gasteiger partial charge in [-0.25, -0.2) is 13.6 Å². The van der Waals surface area contributed by atoms with Gasteiger partial charge in [0, 0.05) is 55.3 Å². The van der Waals surface area contributed by atoms with Gasteiger partial charge in [0.2, 0.25) is 5.82 Å². The van der Waals surface area contributed by atoms with Crippen LogP contribution in [0.5, 0.6) is 5.75 Å². The summed E-state index contributed by atoms with van der Waals surface area (Å²) in [6.45, 7) is 3.49. The van der Waals surface area contributed by atoms with Gasteiger partial charge in [-0.2, -0.15) is 4.39 Å². The van der Waals surface area contributed by atoms with Gasteiger partial charge in [0.1, 0.15) is 0 Å². The van der Waals surface area contributed by atoms with Crippen molar-refractivity contribution in [2.75, 3.05) is 32.8 Å². The van der Waals surface area contributed by atoms with E-state index in [0.29, 0.717) is 69.1 Å². The molecule has 53 heavy (non-hydrogen) atoms. The SMILES string of the molecule is CCOC(=O)CCCNC(=O)N1C[C@H]2CC(c3ccc(CCCOc4c(F)ccc(F)c4F)cc3)=C(C(=O)N(Cc3ccccc3Cl)C3CC3)[C@@H](C1)N2. The number of carbonyl (C=O) groups is 3. The largest absolute Gasteiger partial charge is 0.488 e. The number of esters is 1. The number of ether oxygens (including phenoxy) is 2.